The van der Waals surface area contributed by atoms with E-state index in [1.165, 1.54) is 32.2 Å². The van der Waals surface area contributed by atoms with Gasteiger partial charge in [0.2, 0.25) is 0 Å². The van der Waals surface area contributed by atoms with Crippen molar-refractivity contribution < 1.29 is 0 Å². The van der Waals surface area contributed by atoms with Crippen LogP contribution in [0.1, 0.15) is 10.4 Å². The summed E-state index contributed by atoms with van der Waals surface area (Å²) in [4.78, 5) is 4.82. The molecule has 4 rings (SSSR count). The molecule has 0 aliphatic rings. The predicted molar refractivity (Wildman–Crippen MR) is 82.6 cm³/mol. The molecule has 2 aromatic heterocycles. The summed E-state index contributed by atoms with van der Waals surface area (Å²) in [5.74, 6) is 0. The van der Waals surface area contributed by atoms with Crippen LogP contribution < -0.4 is 0 Å². The van der Waals surface area contributed by atoms with E-state index in [4.69, 9.17) is 0 Å². The summed E-state index contributed by atoms with van der Waals surface area (Å²) in [6, 6.07) is 19.2. The smallest absolute Gasteiger partial charge is 0.0504 e. The monoisotopic (exact) mass is 262 g/mol. The summed E-state index contributed by atoms with van der Waals surface area (Å²) in [6.45, 7) is 0. The van der Waals surface area contributed by atoms with E-state index in [0.29, 0.717) is 0 Å². The van der Waals surface area contributed by atoms with Crippen molar-refractivity contribution in [1.82, 2.24) is 4.98 Å². The number of nitrogens with one attached hydrogen (secondary N) is 1. The minimum Gasteiger partial charge on any atom is -0.354 e. The van der Waals surface area contributed by atoms with Crippen LogP contribution in [0.3, 0.4) is 0 Å². The largest absolute Gasteiger partial charge is 0.354 e. The zero-order valence-corrected chi connectivity index (χ0v) is 11.1. The molecule has 2 heteroatoms. The number of hydrogen-bond acceptors (Lipinski definition) is 1. The van der Waals surface area contributed by atoms with Gasteiger partial charge in [-0.1, -0.05) is 42.5 Å². The maximum Gasteiger partial charge on any atom is 0.0504 e. The van der Waals surface area contributed by atoms with Crippen molar-refractivity contribution in [2.24, 2.45) is 0 Å². The number of benzene rings is 2. The van der Waals surface area contributed by atoms with Gasteiger partial charge in [-0.25, -0.2) is 0 Å². The van der Waals surface area contributed by atoms with E-state index in [2.05, 4.69) is 71.4 Å². The van der Waals surface area contributed by atoms with E-state index in [1.807, 2.05) is 0 Å². The molecule has 0 aliphatic heterocycles. The number of fused-ring (bicyclic) bond motifs is 3. The van der Waals surface area contributed by atoms with E-state index in [9.17, 15) is 0 Å². The van der Waals surface area contributed by atoms with Crippen LogP contribution in [0.15, 0.2) is 60.0 Å². The molecule has 19 heavy (non-hydrogen) atoms. The Labute approximate surface area is 115 Å². The molecule has 1 N–H and O–H groups in total. The fourth-order valence-electron chi connectivity index (χ4n) is 2.54. The number of rotatable bonds is 2. The highest BCUT2D eigenvalue weighted by molar-refractivity contribution is 7.10. The van der Waals surface area contributed by atoms with Crippen LogP contribution in [-0.4, -0.2) is 4.98 Å². The van der Waals surface area contributed by atoms with Gasteiger partial charge in [0, 0.05) is 27.6 Å². The van der Waals surface area contributed by atoms with Gasteiger partial charge in [-0.3, -0.25) is 0 Å². The van der Waals surface area contributed by atoms with Crippen LogP contribution in [0.25, 0.3) is 21.8 Å². The lowest BCUT2D eigenvalue weighted by atomic mass is 10.1. The predicted octanol–water partition coefficient (Wildman–Crippen LogP) is 4.98. The molecule has 1 radical (unpaired) electrons. The van der Waals surface area contributed by atoms with Crippen LogP contribution in [0, 0.1) is 6.42 Å². The lowest BCUT2D eigenvalue weighted by Crippen LogP contribution is -1.83. The summed E-state index contributed by atoms with van der Waals surface area (Å²) >= 11 is 1.76. The first-order chi connectivity index (χ1) is 9.42. The average molecular weight is 262 g/mol. The minimum absolute atomic E-state index is 1.20. The van der Waals surface area contributed by atoms with Gasteiger partial charge in [0.05, 0.1) is 5.52 Å². The van der Waals surface area contributed by atoms with Crippen molar-refractivity contribution in [3.05, 3.63) is 76.8 Å². The number of thiophene rings is 1. The Hall–Kier alpha value is -2.06. The number of H-pyrrole nitrogens is 1. The highest BCUT2D eigenvalue weighted by Crippen LogP contribution is 2.29. The van der Waals surface area contributed by atoms with Gasteiger partial charge in [-0.15, -0.1) is 11.3 Å². The molecule has 1 nitrogen and oxygen atoms in total. The van der Waals surface area contributed by atoms with E-state index < -0.39 is 0 Å². The maximum absolute atomic E-state index is 3.53. The van der Waals surface area contributed by atoms with Gasteiger partial charge in [0.1, 0.15) is 0 Å². The molecule has 2 aromatic carbocycles. The Morgan fingerprint density at radius 3 is 2.63 bits per heavy atom. The molecule has 0 atom stereocenters. The molecule has 0 saturated heterocycles. The summed E-state index contributed by atoms with van der Waals surface area (Å²) in [6.07, 6.45) is 2.24. The Morgan fingerprint density at radius 2 is 1.74 bits per heavy atom. The number of hydrogen-bond donors (Lipinski definition) is 1. The van der Waals surface area contributed by atoms with Crippen LogP contribution in [0.4, 0.5) is 0 Å². The van der Waals surface area contributed by atoms with Crippen LogP contribution in [0.5, 0.6) is 0 Å². The first-order valence-electron chi connectivity index (χ1n) is 6.29. The Balaban J connectivity index is 1.96. The zero-order chi connectivity index (χ0) is 12.7. The van der Waals surface area contributed by atoms with Crippen LogP contribution in [0.2, 0.25) is 0 Å². The highest BCUT2D eigenvalue weighted by atomic mass is 32.1. The molecule has 0 unspecified atom stereocenters. The molecule has 0 amide bonds. The number of aromatic nitrogens is 1. The average Bonchev–Trinajstić information content (AvgIpc) is 3.06. The standard InChI is InChI=1S/C17H12NS/c1-2-9-16-14(7-1)15-8-3-5-12(17(15)18-16)11-13-6-4-10-19-13/h1-11,18H. The second-order valence-electron chi connectivity index (χ2n) is 4.60. The van der Waals surface area contributed by atoms with Gasteiger partial charge < -0.3 is 4.98 Å². The molecule has 4 aromatic rings. The normalized spacial score (nSPS) is 11.4. The minimum atomic E-state index is 1.20. The molecule has 0 fully saturated rings. The van der Waals surface area contributed by atoms with E-state index >= 15 is 0 Å². The third-order valence-electron chi connectivity index (χ3n) is 3.41. The summed E-state index contributed by atoms with van der Waals surface area (Å²) in [5, 5.41) is 4.69. The number of aromatic amines is 1. The van der Waals surface area contributed by atoms with Gasteiger partial charge in [0.15, 0.2) is 0 Å². The molecule has 2 heterocycles. The van der Waals surface area contributed by atoms with Crippen molar-refractivity contribution >= 4 is 33.1 Å². The lowest BCUT2D eigenvalue weighted by Gasteiger charge is -2.00. The van der Waals surface area contributed by atoms with Crippen molar-refractivity contribution in [1.29, 1.82) is 0 Å². The van der Waals surface area contributed by atoms with E-state index in [-0.39, 0.29) is 0 Å². The SMILES string of the molecule is [CH](c1cccs1)c1cccc2c1[nH]c1ccccc12. The fraction of sp³-hybridized carbons (Fsp3) is 0. The zero-order valence-electron chi connectivity index (χ0n) is 10.3. The molecular weight excluding hydrogens is 250 g/mol. The molecule has 0 saturated carbocycles. The van der Waals surface area contributed by atoms with E-state index in [0.717, 1.165) is 0 Å². The maximum atomic E-state index is 3.53. The van der Waals surface area contributed by atoms with Crippen molar-refractivity contribution in [3.8, 4) is 0 Å². The Morgan fingerprint density at radius 1 is 0.842 bits per heavy atom. The van der Waals surface area contributed by atoms with Crippen molar-refractivity contribution in [2.75, 3.05) is 0 Å². The summed E-state index contributed by atoms with van der Waals surface area (Å²) in [5.41, 5.74) is 3.66. The molecular formula is C17H12NS. The first-order valence-corrected chi connectivity index (χ1v) is 7.17. The molecule has 0 aliphatic carbocycles. The Bertz CT molecular complexity index is 840. The molecule has 91 valence electrons. The van der Waals surface area contributed by atoms with Crippen LogP contribution in [-0.2, 0) is 0 Å². The quantitative estimate of drug-likeness (QED) is 0.524. The van der Waals surface area contributed by atoms with E-state index in [1.54, 1.807) is 11.3 Å². The Kier molecular flexibility index (Phi) is 2.42. The van der Waals surface area contributed by atoms with Gasteiger partial charge in [0.25, 0.3) is 0 Å². The topological polar surface area (TPSA) is 15.8 Å². The van der Waals surface area contributed by atoms with Gasteiger partial charge in [-0.05, 0) is 23.1 Å². The molecule has 0 bridgehead atoms. The number of para-hydroxylation sites is 2. The van der Waals surface area contributed by atoms with Gasteiger partial charge in [-0.2, -0.15) is 0 Å². The summed E-state index contributed by atoms with van der Waals surface area (Å²) < 4.78 is 0. The fourth-order valence-corrected chi connectivity index (χ4v) is 3.21. The second-order valence-corrected chi connectivity index (χ2v) is 5.58. The third-order valence-corrected chi connectivity index (χ3v) is 4.23. The highest BCUT2D eigenvalue weighted by Gasteiger charge is 2.08. The lowest BCUT2D eigenvalue weighted by molar-refractivity contribution is 1.47. The summed E-state index contributed by atoms with van der Waals surface area (Å²) in [7, 11) is 0. The van der Waals surface area contributed by atoms with Crippen molar-refractivity contribution in [3.63, 3.8) is 0 Å². The second kappa shape index (κ2) is 4.25. The third kappa shape index (κ3) is 1.76. The molecule has 0 spiro atoms. The van der Waals surface area contributed by atoms with Crippen LogP contribution >= 0.6 is 11.3 Å². The van der Waals surface area contributed by atoms with Crippen molar-refractivity contribution in [2.45, 2.75) is 0 Å². The first kappa shape index (κ1) is 10.8. The van der Waals surface area contributed by atoms with Gasteiger partial charge >= 0.3 is 0 Å².